The minimum Gasteiger partial charge on any atom is -0.496 e. The van der Waals surface area contributed by atoms with E-state index in [0.717, 1.165) is 0 Å². The molecule has 0 saturated heterocycles. The minimum absolute atomic E-state index is 0.333. The van der Waals surface area contributed by atoms with E-state index in [2.05, 4.69) is 0 Å². The van der Waals surface area contributed by atoms with E-state index in [4.69, 9.17) is 19.9 Å². The fourth-order valence-electron chi connectivity index (χ4n) is 2.02. The summed E-state index contributed by atoms with van der Waals surface area (Å²) in [5, 5.41) is 0. The van der Waals surface area contributed by atoms with Crippen molar-refractivity contribution in [2.45, 2.75) is 13.0 Å². The molecule has 2 aromatic rings. The van der Waals surface area contributed by atoms with E-state index in [1.807, 2.05) is 0 Å². The van der Waals surface area contributed by atoms with Crippen molar-refractivity contribution in [2.75, 3.05) is 14.2 Å². The largest absolute Gasteiger partial charge is 0.496 e. The van der Waals surface area contributed by atoms with Gasteiger partial charge in [-0.2, -0.15) is 0 Å². The van der Waals surface area contributed by atoms with Crippen LogP contribution >= 0.6 is 0 Å². The quantitative estimate of drug-likeness (QED) is 0.913. The zero-order valence-corrected chi connectivity index (χ0v) is 12.2. The zero-order valence-electron chi connectivity index (χ0n) is 12.2. The molecule has 0 spiro atoms. The summed E-state index contributed by atoms with van der Waals surface area (Å²) in [6.07, 6.45) is 0. The van der Waals surface area contributed by atoms with Crippen molar-refractivity contribution in [3.8, 4) is 23.0 Å². The second-order valence-electron chi connectivity index (χ2n) is 4.59. The molecule has 112 valence electrons. The number of ether oxygens (including phenoxy) is 3. The van der Waals surface area contributed by atoms with Crippen LogP contribution in [0.15, 0.2) is 36.4 Å². The second-order valence-corrected chi connectivity index (χ2v) is 4.59. The molecule has 0 aliphatic rings. The van der Waals surface area contributed by atoms with Crippen molar-refractivity contribution in [1.82, 2.24) is 0 Å². The monoisotopic (exact) mass is 291 g/mol. The molecule has 0 fully saturated rings. The summed E-state index contributed by atoms with van der Waals surface area (Å²) in [5.41, 5.74) is 6.14. The highest BCUT2D eigenvalue weighted by Gasteiger charge is 2.15. The Morgan fingerprint density at radius 1 is 1.00 bits per heavy atom. The lowest BCUT2D eigenvalue weighted by Crippen LogP contribution is -2.09. The SMILES string of the molecule is COc1cc(OC)cc(Oc2cccc(F)c2C(C)N)c1. The molecule has 1 unspecified atom stereocenters. The summed E-state index contributed by atoms with van der Waals surface area (Å²) in [4.78, 5) is 0. The van der Waals surface area contributed by atoms with Gasteiger partial charge in [0.1, 0.15) is 28.8 Å². The fourth-order valence-corrected chi connectivity index (χ4v) is 2.02. The van der Waals surface area contributed by atoms with Crippen LogP contribution in [0.5, 0.6) is 23.0 Å². The third-order valence-electron chi connectivity index (χ3n) is 3.02. The Bertz CT molecular complexity index is 607. The third-order valence-corrected chi connectivity index (χ3v) is 3.02. The van der Waals surface area contributed by atoms with Gasteiger partial charge in [0.2, 0.25) is 0 Å². The average Bonchev–Trinajstić information content (AvgIpc) is 2.46. The third kappa shape index (κ3) is 3.44. The smallest absolute Gasteiger partial charge is 0.135 e. The Morgan fingerprint density at radius 2 is 1.57 bits per heavy atom. The molecule has 0 aliphatic heterocycles. The van der Waals surface area contributed by atoms with Crippen LogP contribution in [-0.4, -0.2) is 14.2 Å². The topological polar surface area (TPSA) is 53.7 Å². The Hall–Kier alpha value is -2.27. The van der Waals surface area contributed by atoms with Gasteiger partial charge in [0.05, 0.1) is 14.2 Å². The number of halogens is 1. The van der Waals surface area contributed by atoms with Gasteiger partial charge in [0.25, 0.3) is 0 Å². The van der Waals surface area contributed by atoms with Crippen LogP contribution in [0.2, 0.25) is 0 Å². The lowest BCUT2D eigenvalue weighted by molar-refractivity contribution is 0.385. The number of benzene rings is 2. The normalized spacial score (nSPS) is 11.9. The van der Waals surface area contributed by atoms with Crippen LogP contribution in [0.3, 0.4) is 0 Å². The van der Waals surface area contributed by atoms with Crippen LogP contribution in [0.1, 0.15) is 18.5 Å². The molecule has 0 bridgehead atoms. The van der Waals surface area contributed by atoms with Gasteiger partial charge in [-0.3, -0.25) is 0 Å². The first-order valence-electron chi connectivity index (χ1n) is 6.50. The van der Waals surface area contributed by atoms with Crippen molar-refractivity contribution in [2.24, 2.45) is 5.73 Å². The fraction of sp³-hybridized carbons (Fsp3) is 0.250. The zero-order chi connectivity index (χ0) is 15.4. The summed E-state index contributed by atoms with van der Waals surface area (Å²) in [5.74, 6) is 1.64. The Morgan fingerprint density at radius 3 is 2.10 bits per heavy atom. The molecule has 0 aliphatic carbocycles. The van der Waals surface area contributed by atoms with Gasteiger partial charge in [0.15, 0.2) is 0 Å². The molecule has 5 heteroatoms. The van der Waals surface area contributed by atoms with Crippen molar-refractivity contribution >= 4 is 0 Å². The van der Waals surface area contributed by atoms with Crippen molar-refractivity contribution < 1.29 is 18.6 Å². The van der Waals surface area contributed by atoms with E-state index in [1.54, 1.807) is 51.5 Å². The lowest BCUT2D eigenvalue weighted by Gasteiger charge is -2.15. The molecule has 4 nitrogen and oxygen atoms in total. The van der Waals surface area contributed by atoms with Gasteiger partial charge < -0.3 is 19.9 Å². The number of hydrogen-bond donors (Lipinski definition) is 1. The van der Waals surface area contributed by atoms with Gasteiger partial charge in [-0.05, 0) is 19.1 Å². The average molecular weight is 291 g/mol. The Labute approximate surface area is 123 Å². The van der Waals surface area contributed by atoms with Crippen LogP contribution in [0, 0.1) is 5.82 Å². The molecule has 0 amide bonds. The molecule has 0 heterocycles. The van der Waals surface area contributed by atoms with Crippen LogP contribution in [0.4, 0.5) is 4.39 Å². The van der Waals surface area contributed by atoms with Gasteiger partial charge in [-0.15, -0.1) is 0 Å². The molecule has 0 aromatic heterocycles. The molecular weight excluding hydrogens is 273 g/mol. The summed E-state index contributed by atoms with van der Waals surface area (Å²) >= 11 is 0. The minimum atomic E-state index is -0.478. The van der Waals surface area contributed by atoms with E-state index in [1.165, 1.54) is 6.07 Å². The maximum absolute atomic E-state index is 13.9. The number of nitrogens with two attached hydrogens (primary N) is 1. The maximum Gasteiger partial charge on any atom is 0.135 e. The number of hydrogen-bond acceptors (Lipinski definition) is 4. The lowest BCUT2D eigenvalue weighted by atomic mass is 10.1. The van der Waals surface area contributed by atoms with Crippen LogP contribution < -0.4 is 19.9 Å². The summed E-state index contributed by atoms with van der Waals surface area (Å²) in [6.45, 7) is 1.71. The predicted octanol–water partition coefficient (Wildman–Crippen LogP) is 3.65. The van der Waals surface area contributed by atoms with Crippen LogP contribution in [0.25, 0.3) is 0 Å². The van der Waals surface area contributed by atoms with Crippen molar-refractivity contribution in [3.05, 3.63) is 47.8 Å². The Kier molecular flexibility index (Phi) is 4.65. The highest BCUT2D eigenvalue weighted by molar-refractivity contribution is 5.46. The van der Waals surface area contributed by atoms with E-state index in [9.17, 15) is 4.39 Å². The highest BCUT2D eigenvalue weighted by atomic mass is 19.1. The predicted molar refractivity (Wildman–Crippen MR) is 78.6 cm³/mol. The molecule has 0 radical (unpaired) electrons. The van der Waals surface area contributed by atoms with Gasteiger partial charge in [0, 0.05) is 29.8 Å². The van der Waals surface area contributed by atoms with Gasteiger partial charge in [-0.25, -0.2) is 4.39 Å². The first-order valence-corrected chi connectivity index (χ1v) is 6.50. The number of rotatable bonds is 5. The van der Waals surface area contributed by atoms with Crippen molar-refractivity contribution in [1.29, 1.82) is 0 Å². The molecular formula is C16H18FNO3. The molecule has 2 N–H and O–H groups in total. The molecule has 2 aromatic carbocycles. The van der Waals surface area contributed by atoms with Gasteiger partial charge in [-0.1, -0.05) is 6.07 Å². The molecule has 1 atom stereocenters. The maximum atomic E-state index is 13.9. The van der Waals surface area contributed by atoms with E-state index in [0.29, 0.717) is 28.6 Å². The molecule has 21 heavy (non-hydrogen) atoms. The van der Waals surface area contributed by atoms with Crippen molar-refractivity contribution in [3.63, 3.8) is 0 Å². The second kappa shape index (κ2) is 6.45. The highest BCUT2D eigenvalue weighted by Crippen LogP contribution is 2.34. The Balaban J connectivity index is 2.40. The summed E-state index contributed by atoms with van der Waals surface area (Å²) in [6, 6.07) is 9.25. The summed E-state index contributed by atoms with van der Waals surface area (Å²) in [7, 11) is 3.10. The first-order chi connectivity index (χ1) is 10.0. The van der Waals surface area contributed by atoms with E-state index >= 15 is 0 Å². The summed E-state index contributed by atoms with van der Waals surface area (Å²) < 4.78 is 30.0. The molecule has 0 saturated carbocycles. The van der Waals surface area contributed by atoms with Crippen LogP contribution in [-0.2, 0) is 0 Å². The standard InChI is InChI=1S/C16H18FNO3/c1-10(18)16-14(17)5-4-6-15(16)21-13-8-11(19-2)7-12(9-13)20-3/h4-10H,18H2,1-3H3. The van der Waals surface area contributed by atoms with E-state index < -0.39 is 11.9 Å². The van der Waals surface area contributed by atoms with E-state index in [-0.39, 0.29) is 0 Å². The first kappa shape index (κ1) is 15.1. The molecule has 2 rings (SSSR count). The van der Waals surface area contributed by atoms with Gasteiger partial charge >= 0.3 is 0 Å². The number of methoxy groups -OCH3 is 2.